The summed E-state index contributed by atoms with van der Waals surface area (Å²) in [4.78, 5) is 43.9. The Kier molecular flexibility index (Phi) is 7.11. The van der Waals surface area contributed by atoms with Gasteiger partial charge in [0.2, 0.25) is 0 Å². The largest absolute Gasteiger partial charge is 0.375 e. The third kappa shape index (κ3) is 4.47. The van der Waals surface area contributed by atoms with E-state index in [9.17, 15) is 9.59 Å². The number of anilines is 2. The van der Waals surface area contributed by atoms with Crippen LogP contribution in [-0.4, -0.2) is 58.7 Å². The highest BCUT2D eigenvalue weighted by atomic mass is 32.1. The molecule has 1 aliphatic heterocycles. The molecular formula is C30H31FN8O2S. The SMILES string of the molecule is CNC(=O)c1c(N2CCNCC2)c2cc(F)c(-c3cccc4sc(N)nc34)nc2n(-c2c(C)ccnc2C(C)C)c1=O. The Labute approximate surface area is 245 Å². The summed E-state index contributed by atoms with van der Waals surface area (Å²) in [5.41, 5.74) is 9.00. The first-order valence-electron chi connectivity index (χ1n) is 13.8. The molecule has 10 nitrogen and oxygen atoms in total. The number of carbonyl (C=O) groups excluding carboxylic acids is 1. The summed E-state index contributed by atoms with van der Waals surface area (Å²) < 4.78 is 18.5. The van der Waals surface area contributed by atoms with Gasteiger partial charge in [-0.3, -0.25) is 19.1 Å². The van der Waals surface area contributed by atoms with Crippen molar-refractivity contribution in [1.82, 2.24) is 30.2 Å². The van der Waals surface area contributed by atoms with Crippen LogP contribution in [0.3, 0.4) is 0 Å². The third-order valence-electron chi connectivity index (χ3n) is 7.58. The van der Waals surface area contributed by atoms with E-state index < -0.39 is 17.3 Å². The zero-order valence-corrected chi connectivity index (χ0v) is 24.6. The molecule has 0 atom stereocenters. The first-order valence-corrected chi connectivity index (χ1v) is 14.6. The lowest BCUT2D eigenvalue weighted by Crippen LogP contribution is -2.46. The van der Waals surface area contributed by atoms with Crippen LogP contribution in [0.25, 0.3) is 38.2 Å². The van der Waals surface area contributed by atoms with Crippen LogP contribution in [0.15, 0.2) is 41.3 Å². The molecule has 5 heterocycles. The number of halogens is 1. The number of nitrogen functional groups attached to an aromatic ring is 1. The number of piperazine rings is 1. The Balaban J connectivity index is 1.81. The number of carbonyl (C=O) groups is 1. The van der Waals surface area contributed by atoms with Gasteiger partial charge >= 0.3 is 0 Å². The van der Waals surface area contributed by atoms with Crippen LogP contribution < -0.4 is 26.8 Å². The van der Waals surface area contributed by atoms with Crippen LogP contribution in [0.4, 0.5) is 15.2 Å². The Morgan fingerprint density at radius 2 is 1.93 bits per heavy atom. The van der Waals surface area contributed by atoms with Crippen LogP contribution in [-0.2, 0) is 0 Å². The van der Waals surface area contributed by atoms with Crippen molar-refractivity contribution in [3.05, 3.63) is 69.5 Å². The van der Waals surface area contributed by atoms with E-state index >= 15 is 4.39 Å². The van der Waals surface area contributed by atoms with Gasteiger partial charge in [0.25, 0.3) is 11.5 Å². The number of thiazole rings is 1. The van der Waals surface area contributed by atoms with Crippen molar-refractivity contribution >= 4 is 49.3 Å². The lowest BCUT2D eigenvalue weighted by Gasteiger charge is -2.32. The first kappa shape index (κ1) is 27.7. The number of hydrogen-bond donors (Lipinski definition) is 3. The number of nitrogens with one attached hydrogen (secondary N) is 2. The summed E-state index contributed by atoms with van der Waals surface area (Å²) in [5.74, 6) is -1.20. The fourth-order valence-electron chi connectivity index (χ4n) is 5.65. The van der Waals surface area contributed by atoms with Crippen molar-refractivity contribution in [2.75, 3.05) is 43.9 Å². The van der Waals surface area contributed by atoms with E-state index in [1.807, 2.05) is 37.8 Å². The normalized spacial score (nSPS) is 13.8. The van der Waals surface area contributed by atoms with Gasteiger partial charge in [-0.2, -0.15) is 0 Å². The van der Waals surface area contributed by atoms with E-state index in [1.165, 1.54) is 29.0 Å². The minimum absolute atomic E-state index is 0.0399. The number of hydrogen-bond acceptors (Lipinski definition) is 9. The number of rotatable bonds is 5. The average Bonchev–Trinajstić information content (AvgIpc) is 3.37. The van der Waals surface area contributed by atoms with E-state index in [0.717, 1.165) is 10.3 Å². The highest BCUT2D eigenvalue weighted by molar-refractivity contribution is 7.22. The van der Waals surface area contributed by atoms with Gasteiger partial charge in [0.1, 0.15) is 17.1 Å². The molecule has 1 aliphatic rings. The molecule has 12 heteroatoms. The second-order valence-electron chi connectivity index (χ2n) is 10.6. The Bertz CT molecular complexity index is 1930. The monoisotopic (exact) mass is 586 g/mol. The predicted molar refractivity (Wildman–Crippen MR) is 165 cm³/mol. The number of pyridine rings is 3. The molecule has 6 rings (SSSR count). The van der Waals surface area contributed by atoms with Gasteiger partial charge in [0.05, 0.1) is 27.3 Å². The fraction of sp³-hybridized carbons (Fsp3) is 0.300. The van der Waals surface area contributed by atoms with Gasteiger partial charge in [-0.25, -0.2) is 14.4 Å². The minimum atomic E-state index is -0.599. The second-order valence-corrected chi connectivity index (χ2v) is 11.7. The maximum atomic E-state index is 16.3. The summed E-state index contributed by atoms with van der Waals surface area (Å²) in [5, 5.41) is 6.64. The van der Waals surface area contributed by atoms with Crippen molar-refractivity contribution in [1.29, 1.82) is 0 Å². The Morgan fingerprint density at radius 1 is 1.17 bits per heavy atom. The molecule has 0 aliphatic carbocycles. The second kappa shape index (κ2) is 10.8. The van der Waals surface area contributed by atoms with Crippen molar-refractivity contribution in [3.8, 4) is 16.9 Å². The van der Waals surface area contributed by atoms with Crippen LogP contribution in [0.5, 0.6) is 0 Å². The first-order chi connectivity index (χ1) is 20.2. The lowest BCUT2D eigenvalue weighted by atomic mass is 10.0. The van der Waals surface area contributed by atoms with Crippen molar-refractivity contribution < 1.29 is 9.18 Å². The molecule has 1 amide bonds. The molecule has 4 N–H and O–H groups in total. The van der Waals surface area contributed by atoms with Gasteiger partial charge in [-0.05, 0) is 36.6 Å². The number of fused-ring (bicyclic) bond motifs is 2. The molecular weight excluding hydrogens is 555 g/mol. The molecule has 1 saturated heterocycles. The molecule has 1 fully saturated rings. The fourth-order valence-corrected chi connectivity index (χ4v) is 6.41. The number of nitrogens with zero attached hydrogens (tertiary/aromatic N) is 5. The number of benzene rings is 1. The Hall–Kier alpha value is -4.42. The predicted octanol–water partition coefficient (Wildman–Crippen LogP) is 3.98. The highest BCUT2D eigenvalue weighted by Crippen LogP contribution is 2.38. The number of aryl methyl sites for hydroxylation is 1. The summed E-state index contributed by atoms with van der Waals surface area (Å²) in [6.45, 7) is 8.22. The molecule has 0 bridgehead atoms. The van der Waals surface area contributed by atoms with E-state index in [0.29, 0.717) is 64.8 Å². The summed E-state index contributed by atoms with van der Waals surface area (Å²) in [6.07, 6.45) is 1.70. The van der Waals surface area contributed by atoms with Crippen LogP contribution in [0, 0.1) is 12.7 Å². The summed E-state index contributed by atoms with van der Waals surface area (Å²) in [6, 6.07) is 8.61. The molecule has 0 radical (unpaired) electrons. The maximum absolute atomic E-state index is 16.3. The van der Waals surface area contributed by atoms with Crippen LogP contribution in [0.2, 0.25) is 0 Å². The standard InChI is InChI=1S/C30H31FN8O2S/c1-15(2)22-25(16(3)8-9-35-22)39-27-18(26(38-12-10-34-11-13-38)21(29(39)41)28(40)33-4)14-19(31)23(36-27)17-6-5-7-20-24(17)37-30(32)42-20/h5-9,14-15,34H,10-13H2,1-4H3,(H2,32,37)(H,33,40). The van der Waals surface area contributed by atoms with Gasteiger partial charge in [0.15, 0.2) is 10.8 Å². The van der Waals surface area contributed by atoms with Gasteiger partial charge in [-0.15, -0.1) is 0 Å². The minimum Gasteiger partial charge on any atom is -0.375 e. The number of amides is 1. The van der Waals surface area contributed by atoms with Gasteiger partial charge in [0, 0.05) is 50.4 Å². The number of nitrogens with two attached hydrogens (primary N) is 1. The van der Waals surface area contributed by atoms with Crippen molar-refractivity contribution in [3.63, 3.8) is 0 Å². The van der Waals surface area contributed by atoms with E-state index in [4.69, 9.17) is 10.7 Å². The lowest BCUT2D eigenvalue weighted by molar-refractivity contribution is 0.0962. The van der Waals surface area contributed by atoms with E-state index in [2.05, 4.69) is 20.6 Å². The zero-order valence-electron chi connectivity index (χ0n) is 23.8. The molecule has 5 aromatic rings. The van der Waals surface area contributed by atoms with Gasteiger partial charge in [-0.1, -0.05) is 37.3 Å². The number of para-hydroxylation sites is 1. The van der Waals surface area contributed by atoms with Gasteiger partial charge < -0.3 is 21.3 Å². The van der Waals surface area contributed by atoms with E-state index in [1.54, 1.807) is 18.3 Å². The Morgan fingerprint density at radius 3 is 2.64 bits per heavy atom. The van der Waals surface area contributed by atoms with Crippen molar-refractivity contribution in [2.45, 2.75) is 26.7 Å². The molecule has 0 saturated carbocycles. The third-order valence-corrected chi connectivity index (χ3v) is 8.43. The van der Waals surface area contributed by atoms with E-state index in [-0.39, 0.29) is 22.8 Å². The summed E-state index contributed by atoms with van der Waals surface area (Å²) >= 11 is 1.30. The topological polar surface area (TPSA) is 131 Å². The van der Waals surface area contributed by atoms with Crippen LogP contribution in [0.1, 0.15) is 41.4 Å². The zero-order chi connectivity index (χ0) is 29.7. The molecule has 0 spiro atoms. The molecule has 4 aromatic heterocycles. The van der Waals surface area contributed by atoms with Crippen molar-refractivity contribution in [2.24, 2.45) is 0 Å². The smallest absolute Gasteiger partial charge is 0.271 e. The van der Waals surface area contributed by atoms with Crippen LogP contribution >= 0.6 is 11.3 Å². The average molecular weight is 587 g/mol. The highest BCUT2D eigenvalue weighted by Gasteiger charge is 2.30. The molecule has 1 aromatic carbocycles. The quantitative estimate of drug-likeness (QED) is 0.282. The molecule has 0 unspecified atom stereocenters. The molecule has 42 heavy (non-hydrogen) atoms. The molecule has 216 valence electrons. The maximum Gasteiger partial charge on any atom is 0.271 e. The number of aromatic nitrogens is 4. The summed E-state index contributed by atoms with van der Waals surface area (Å²) in [7, 11) is 1.48.